The van der Waals surface area contributed by atoms with E-state index in [9.17, 15) is 0 Å². The molecule has 2 aromatic heterocycles. The van der Waals surface area contributed by atoms with Crippen LogP contribution in [0.2, 0.25) is 0 Å². The maximum Gasteiger partial charge on any atom is 0.239 e. The van der Waals surface area contributed by atoms with Gasteiger partial charge in [-0.25, -0.2) is 4.98 Å². The summed E-state index contributed by atoms with van der Waals surface area (Å²) in [6.45, 7) is 0. The van der Waals surface area contributed by atoms with Crippen molar-refractivity contribution in [2.45, 2.75) is 12.5 Å². The number of nitrogens with zero attached hydrogens (tertiary/aromatic N) is 3. The summed E-state index contributed by atoms with van der Waals surface area (Å²) in [7, 11) is 0. The third-order valence-corrected chi connectivity index (χ3v) is 1.87. The second kappa shape index (κ2) is 3.46. The van der Waals surface area contributed by atoms with E-state index in [0.29, 0.717) is 12.2 Å². The predicted octanol–water partition coefficient (Wildman–Crippen LogP) is -0.648. The summed E-state index contributed by atoms with van der Waals surface area (Å²) in [5, 5.41) is 6.38. The van der Waals surface area contributed by atoms with Gasteiger partial charge in [0, 0.05) is 18.3 Å². The summed E-state index contributed by atoms with van der Waals surface area (Å²) in [5.74, 6) is 0.789. The Morgan fingerprint density at radius 1 is 1.50 bits per heavy atom. The molecule has 0 unspecified atom stereocenters. The van der Waals surface area contributed by atoms with Crippen LogP contribution in [0.4, 0.5) is 5.95 Å². The average Bonchev–Trinajstić information content (AvgIpc) is 2.75. The minimum Gasteiger partial charge on any atom is -0.367 e. The van der Waals surface area contributed by atoms with Crippen LogP contribution in [0.25, 0.3) is 0 Å². The molecule has 0 aliphatic carbocycles. The fraction of sp³-hybridized carbons (Fsp3) is 0.286. The van der Waals surface area contributed by atoms with Crippen LogP contribution in [0, 0.1) is 0 Å². The molecule has 7 nitrogen and oxygen atoms in total. The first-order valence-corrected chi connectivity index (χ1v) is 4.16. The molecule has 7 heteroatoms. The van der Waals surface area contributed by atoms with E-state index in [1.807, 2.05) is 0 Å². The molecule has 0 spiro atoms. The van der Waals surface area contributed by atoms with Crippen molar-refractivity contribution >= 4 is 5.95 Å². The molecule has 2 aromatic rings. The fourth-order valence-corrected chi connectivity index (χ4v) is 1.18. The first kappa shape index (κ1) is 8.70. The van der Waals surface area contributed by atoms with E-state index in [4.69, 9.17) is 11.5 Å². The molecular weight excluding hydrogens is 182 g/mol. The molecule has 0 saturated heterocycles. The molecule has 0 bridgehead atoms. The summed E-state index contributed by atoms with van der Waals surface area (Å²) < 4.78 is 0. The highest BCUT2D eigenvalue weighted by atomic mass is 15.3. The Bertz CT molecular complexity index is 390. The van der Waals surface area contributed by atoms with Gasteiger partial charge in [0.25, 0.3) is 0 Å². The van der Waals surface area contributed by atoms with Crippen LogP contribution in [0.5, 0.6) is 0 Å². The van der Waals surface area contributed by atoms with Crippen molar-refractivity contribution in [2.75, 3.05) is 5.73 Å². The lowest BCUT2D eigenvalue weighted by atomic mass is 10.2. The van der Waals surface area contributed by atoms with Crippen molar-refractivity contribution in [1.82, 2.24) is 25.1 Å². The summed E-state index contributed by atoms with van der Waals surface area (Å²) in [6, 6.07) is -0.250. The van der Waals surface area contributed by atoms with Crippen molar-refractivity contribution in [2.24, 2.45) is 5.73 Å². The second-order valence-corrected chi connectivity index (χ2v) is 2.97. The third-order valence-electron chi connectivity index (χ3n) is 1.87. The number of rotatable bonds is 3. The van der Waals surface area contributed by atoms with E-state index in [-0.39, 0.29) is 12.0 Å². The highest BCUT2D eigenvalue weighted by Gasteiger charge is 2.11. The lowest BCUT2D eigenvalue weighted by Gasteiger charge is -2.05. The van der Waals surface area contributed by atoms with Gasteiger partial charge < -0.3 is 16.5 Å². The van der Waals surface area contributed by atoms with Crippen molar-refractivity contribution in [3.63, 3.8) is 0 Å². The number of H-pyrrole nitrogens is 2. The molecule has 6 N–H and O–H groups in total. The molecule has 0 aromatic carbocycles. The van der Waals surface area contributed by atoms with E-state index in [1.165, 1.54) is 0 Å². The molecule has 0 aliphatic rings. The van der Waals surface area contributed by atoms with E-state index in [1.54, 1.807) is 12.5 Å². The number of nitrogen functional groups attached to an aromatic ring is 1. The van der Waals surface area contributed by atoms with Crippen LogP contribution < -0.4 is 11.5 Å². The van der Waals surface area contributed by atoms with Crippen LogP contribution in [0.1, 0.15) is 17.6 Å². The number of nitrogens with one attached hydrogen (secondary N) is 2. The van der Waals surface area contributed by atoms with E-state index >= 15 is 0 Å². The largest absolute Gasteiger partial charge is 0.367 e. The molecule has 14 heavy (non-hydrogen) atoms. The number of hydrogen-bond donors (Lipinski definition) is 4. The Hall–Kier alpha value is -1.89. The normalized spacial score (nSPS) is 12.9. The first-order valence-electron chi connectivity index (χ1n) is 4.16. The van der Waals surface area contributed by atoms with Gasteiger partial charge in [0.15, 0.2) is 0 Å². The van der Waals surface area contributed by atoms with E-state index < -0.39 is 0 Å². The molecule has 74 valence electrons. The molecule has 0 amide bonds. The lowest BCUT2D eigenvalue weighted by Crippen LogP contribution is -2.15. The standard InChI is InChI=1S/C7H11N7/c8-5(1-4-2-10-3-11-4)6-12-7(9)14-13-6/h2-3,5H,1,8H2,(H,10,11)(H3,9,12,13,14)/t5-/m0/s1. The van der Waals surface area contributed by atoms with Gasteiger partial charge in [-0.05, 0) is 0 Å². The van der Waals surface area contributed by atoms with Gasteiger partial charge in [-0.1, -0.05) is 0 Å². The maximum atomic E-state index is 5.86. The van der Waals surface area contributed by atoms with Gasteiger partial charge in [0.1, 0.15) is 5.82 Å². The zero-order valence-electron chi connectivity index (χ0n) is 7.44. The molecule has 0 radical (unpaired) electrons. The van der Waals surface area contributed by atoms with E-state index in [0.717, 1.165) is 5.69 Å². The molecule has 2 rings (SSSR count). The lowest BCUT2D eigenvalue weighted by molar-refractivity contribution is 0.662. The minimum absolute atomic E-state index is 0.208. The number of nitrogens with two attached hydrogens (primary N) is 2. The highest BCUT2D eigenvalue weighted by molar-refractivity contribution is 5.15. The molecular formula is C7H11N7. The Morgan fingerprint density at radius 2 is 2.36 bits per heavy atom. The van der Waals surface area contributed by atoms with Crippen LogP contribution in [0.15, 0.2) is 12.5 Å². The molecule has 1 atom stereocenters. The van der Waals surface area contributed by atoms with Crippen molar-refractivity contribution < 1.29 is 0 Å². The predicted molar refractivity (Wildman–Crippen MR) is 50.0 cm³/mol. The van der Waals surface area contributed by atoms with Crippen LogP contribution in [-0.4, -0.2) is 25.1 Å². The summed E-state index contributed by atoms with van der Waals surface area (Å²) >= 11 is 0. The molecule has 0 fully saturated rings. The highest BCUT2D eigenvalue weighted by Crippen LogP contribution is 2.10. The average molecular weight is 193 g/mol. The zero-order valence-corrected chi connectivity index (χ0v) is 7.44. The molecule has 0 aliphatic heterocycles. The quantitative estimate of drug-likeness (QED) is 0.516. The van der Waals surface area contributed by atoms with Gasteiger partial charge >= 0.3 is 0 Å². The summed E-state index contributed by atoms with van der Waals surface area (Å²) in [6.07, 6.45) is 3.95. The van der Waals surface area contributed by atoms with Crippen molar-refractivity contribution in [1.29, 1.82) is 0 Å². The zero-order chi connectivity index (χ0) is 9.97. The summed E-state index contributed by atoms with van der Waals surface area (Å²) in [5.41, 5.74) is 12.2. The fourth-order valence-electron chi connectivity index (χ4n) is 1.18. The van der Waals surface area contributed by atoms with Gasteiger partial charge in [-0.3, -0.25) is 5.10 Å². The van der Waals surface area contributed by atoms with Crippen molar-refractivity contribution in [3.8, 4) is 0 Å². The van der Waals surface area contributed by atoms with Crippen LogP contribution >= 0.6 is 0 Å². The Labute approximate surface area is 79.9 Å². The molecule has 0 saturated carbocycles. The van der Waals surface area contributed by atoms with E-state index in [2.05, 4.69) is 25.1 Å². The van der Waals surface area contributed by atoms with Crippen LogP contribution in [0.3, 0.4) is 0 Å². The number of imidazole rings is 1. The third kappa shape index (κ3) is 1.72. The van der Waals surface area contributed by atoms with Crippen LogP contribution in [-0.2, 0) is 6.42 Å². The van der Waals surface area contributed by atoms with Gasteiger partial charge in [-0.2, -0.15) is 4.98 Å². The van der Waals surface area contributed by atoms with Crippen molar-refractivity contribution in [3.05, 3.63) is 24.0 Å². The SMILES string of the molecule is Nc1n[nH]c([C@@H](N)Cc2cnc[nH]2)n1. The number of aromatic nitrogens is 5. The Morgan fingerprint density at radius 3 is 2.93 bits per heavy atom. The van der Waals surface area contributed by atoms with Gasteiger partial charge in [-0.15, -0.1) is 5.10 Å². The Kier molecular flexibility index (Phi) is 2.15. The number of aromatic amines is 2. The minimum atomic E-state index is -0.250. The topological polar surface area (TPSA) is 122 Å². The summed E-state index contributed by atoms with van der Waals surface area (Å²) in [4.78, 5) is 10.8. The Balaban J connectivity index is 2.06. The van der Waals surface area contributed by atoms with Gasteiger partial charge in [0.05, 0.1) is 12.4 Å². The number of hydrogen-bond acceptors (Lipinski definition) is 5. The first-order chi connectivity index (χ1) is 6.75. The second-order valence-electron chi connectivity index (χ2n) is 2.97. The monoisotopic (exact) mass is 193 g/mol. The molecule has 2 heterocycles. The van der Waals surface area contributed by atoms with Gasteiger partial charge in [0.2, 0.25) is 5.95 Å². The maximum absolute atomic E-state index is 5.86. The smallest absolute Gasteiger partial charge is 0.239 e. The number of anilines is 1.